The van der Waals surface area contributed by atoms with E-state index in [4.69, 9.17) is 16.3 Å². The van der Waals surface area contributed by atoms with E-state index in [0.29, 0.717) is 30.3 Å². The highest BCUT2D eigenvalue weighted by Crippen LogP contribution is 2.25. The molecular formula is C20H23ClN2O2. The van der Waals surface area contributed by atoms with E-state index in [1.165, 1.54) is 5.69 Å². The number of hydrogen-bond acceptors (Lipinski definition) is 3. The van der Waals surface area contributed by atoms with Crippen LogP contribution in [-0.2, 0) is 4.79 Å². The van der Waals surface area contributed by atoms with Crippen LogP contribution in [0.5, 0.6) is 5.75 Å². The lowest BCUT2D eigenvalue weighted by Gasteiger charge is -2.37. The number of anilines is 1. The van der Waals surface area contributed by atoms with E-state index in [1.54, 1.807) is 12.1 Å². The largest absolute Gasteiger partial charge is 0.479 e. The first-order valence-corrected chi connectivity index (χ1v) is 9.07. The summed E-state index contributed by atoms with van der Waals surface area (Å²) in [5.41, 5.74) is 1.20. The quantitative estimate of drug-likeness (QED) is 0.814. The van der Waals surface area contributed by atoms with Crippen molar-refractivity contribution < 1.29 is 9.53 Å². The second-order valence-electron chi connectivity index (χ2n) is 6.09. The number of rotatable bonds is 5. The van der Waals surface area contributed by atoms with Crippen molar-refractivity contribution in [3.8, 4) is 5.75 Å². The highest BCUT2D eigenvalue weighted by Gasteiger charge is 2.28. The van der Waals surface area contributed by atoms with Crippen LogP contribution in [0.15, 0.2) is 54.6 Å². The van der Waals surface area contributed by atoms with E-state index in [1.807, 2.05) is 42.2 Å². The number of para-hydroxylation sites is 2. The standard InChI is InChI=1S/C20H23ClN2O2/c1-2-18(25-19-11-7-6-10-17(19)21)20(24)23-14-12-22(13-15-23)16-8-4-3-5-9-16/h3-11,18H,2,12-15H2,1H3. The fourth-order valence-electron chi connectivity index (χ4n) is 3.03. The molecule has 1 saturated heterocycles. The summed E-state index contributed by atoms with van der Waals surface area (Å²) >= 11 is 6.15. The Morgan fingerprint density at radius 2 is 1.68 bits per heavy atom. The fraction of sp³-hybridized carbons (Fsp3) is 0.350. The molecule has 1 unspecified atom stereocenters. The van der Waals surface area contributed by atoms with Gasteiger partial charge < -0.3 is 14.5 Å². The first-order valence-electron chi connectivity index (χ1n) is 8.69. The molecule has 1 atom stereocenters. The third kappa shape index (κ3) is 4.26. The van der Waals surface area contributed by atoms with Crippen molar-refractivity contribution in [3.63, 3.8) is 0 Å². The number of carbonyl (C=O) groups is 1. The van der Waals surface area contributed by atoms with Crippen LogP contribution in [0.4, 0.5) is 5.69 Å². The number of carbonyl (C=O) groups excluding carboxylic acids is 1. The Morgan fingerprint density at radius 3 is 2.32 bits per heavy atom. The second kappa shape index (κ2) is 8.26. The summed E-state index contributed by atoms with van der Waals surface area (Å²) < 4.78 is 5.88. The van der Waals surface area contributed by atoms with Gasteiger partial charge in [0.25, 0.3) is 5.91 Å². The maximum atomic E-state index is 12.8. The third-order valence-corrected chi connectivity index (χ3v) is 4.78. The maximum absolute atomic E-state index is 12.8. The van der Waals surface area contributed by atoms with Gasteiger partial charge in [0.15, 0.2) is 6.10 Å². The molecule has 3 rings (SSSR count). The first-order chi connectivity index (χ1) is 12.2. The van der Waals surface area contributed by atoms with E-state index in [2.05, 4.69) is 17.0 Å². The molecule has 4 nitrogen and oxygen atoms in total. The lowest BCUT2D eigenvalue weighted by Crippen LogP contribution is -2.52. The van der Waals surface area contributed by atoms with Gasteiger partial charge in [-0.1, -0.05) is 48.9 Å². The zero-order valence-corrected chi connectivity index (χ0v) is 15.2. The molecule has 0 bridgehead atoms. The van der Waals surface area contributed by atoms with E-state index in [-0.39, 0.29) is 5.91 Å². The summed E-state index contributed by atoms with van der Waals surface area (Å²) in [6.07, 6.45) is 0.117. The zero-order valence-electron chi connectivity index (χ0n) is 14.4. The van der Waals surface area contributed by atoms with Crippen LogP contribution in [0.25, 0.3) is 0 Å². The van der Waals surface area contributed by atoms with Gasteiger partial charge in [-0.2, -0.15) is 0 Å². The summed E-state index contributed by atoms with van der Waals surface area (Å²) in [6, 6.07) is 17.6. The lowest BCUT2D eigenvalue weighted by molar-refractivity contribution is -0.139. The van der Waals surface area contributed by atoms with Gasteiger partial charge in [0.1, 0.15) is 5.75 Å². The number of hydrogen-bond donors (Lipinski definition) is 0. The predicted molar refractivity (Wildman–Crippen MR) is 101 cm³/mol. The van der Waals surface area contributed by atoms with Crippen molar-refractivity contribution in [2.45, 2.75) is 19.4 Å². The fourth-order valence-corrected chi connectivity index (χ4v) is 3.21. The van der Waals surface area contributed by atoms with Gasteiger partial charge in [-0.25, -0.2) is 0 Å². The molecule has 0 saturated carbocycles. The average molecular weight is 359 g/mol. The Morgan fingerprint density at radius 1 is 1.04 bits per heavy atom. The molecule has 0 radical (unpaired) electrons. The molecule has 5 heteroatoms. The molecule has 0 spiro atoms. The topological polar surface area (TPSA) is 32.8 Å². The summed E-state index contributed by atoms with van der Waals surface area (Å²) in [4.78, 5) is 17.0. The van der Waals surface area contributed by atoms with Gasteiger partial charge in [0.2, 0.25) is 0 Å². The minimum Gasteiger partial charge on any atom is -0.479 e. The molecule has 0 aromatic heterocycles. The molecule has 132 valence electrons. The summed E-state index contributed by atoms with van der Waals surface area (Å²) in [6.45, 7) is 5.03. The Kier molecular flexibility index (Phi) is 5.82. The Bertz CT molecular complexity index is 700. The SMILES string of the molecule is CCC(Oc1ccccc1Cl)C(=O)N1CCN(c2ccccc2)CC1. The molecule has 0 aliphatic carbocycles. The van der Waals surface area contributed by atoms with E-state index >= 15 is 0 Å². The average Bonchev–Trinajstić information content (AvgIpc) is 2.68. The van der Waals surface area contributed by atoms with Gasteiger partial charge in [-0.3, -0.25) is 4.79 Å². The van der Waals surface area contributed by atoms with Crippen LogP contribution in [-0.4, -0.2) is 43.1 Å². The molecule has 2 aromatic rings. The third-order valence-electron chi connectivity index (χ3n) is 4.46. The van der Waals surface area contributed by atoms with Crippen LogP contribution >= 0.6 is 11.6 Å². The van der Waals surface area contributed by atoms with Crippen LogP contribution < -0.4 is 9.64 Å². The first kappa shape index (κ1) is 17.6. The zero-order chi connectivity index (χ0) is 17.6. The highest BCUT2D eigenvalue weighted by molar-refractivity contribution is 6.32. The number of halogens is 1. The van der Waals surface area contributed by atoms with Crippen LogP contribution in [0, 0.1) is 0 Å². The number of benzene rings is 2. The van der Waals surface area contributed by atoms with Gasteiger partial charge in [0, 0.05) is 31.9 Å². The molecular weight excluding hydrogens is 336 g/mol. The van der Waals surface area contributed by atoms with Crippen molar-refractivity contribution >= 4 is 23.2 Å². The number of ether oxygens (including phenoxy) is 1. The Balaban J connectivity index is 1.60. The highest BCUT2D eigenvalue weighted by atomic mass is 35.5. The number of nitrogens with zero attached hydrogens (tertiary/aromatic N) is 2. The minimum atomic E-state index is -0.497. The summed E-state index contributed by atoms with van der Waals surface area (Å²) in [5, 5.41) is 0.530. The molecule has 1 amide bonds. The van der Waals surface area contributed by atoms with Crippen molar-refractivity contribution in [2.75, 3.05) is 31.1 Å². The van der Waals surface area contributed by atoms with Crippen LogP contribution in [0.1, 0.15) is 13.3 Å². The Labute approximate surface area is 154 Å². The monoisotopic (exact) mass is 358 g/mol. The Hall–Kier alpha value is -2.20. The number of amides is 1. The summed E-state index contributed by atoms with van der Waals surface area (Å²) in [5.74, 6) is 0.599. The second-order valence-corrected chi connectivity index (χ2v) is 6.50. The summed E-state index contributed by atoms with van der Waals surface area (Å²) in [7, 11) is 0. The van der Waals surface area contributed by atoms with Crippen molar-refractivity contribution in [1.29, 1.82) is 0 Å². The molecule has 1 heterocycles. The van der Waals surface area contributed by atoms with E-state index in [9.17, 15) is 4.79 Å². The molecule has 25 heavy (non-hydrogen) atoms. The van der Waals surface area contributed by atoms with Crippen LogP contribution in [0.2, 0.25) is 5.02 Å². The van der Waals surface area contributed by atoms with Gasteiger partial charge in [0.05, 0.1) is 5.02 Å². The molecule has 1 aliphatic heterocycles. The van der Waals surface area contributed by atoms with Crippen LogP contribution in [0.3, 0.4) is 0 Å². The molecule has 1 fully saturated rings. The van der Waals surface area contributed by atoms with Crippen molar-refractivity contribution in [3.05, 3.63) is 59.6 Å². The smallest absolute Gasteiger partial charge is 0.263 e. The number of piperazine rings is 1. The predicted octanol–water partition coefficient (Wildman–Crippen LogP) is 3.85. The molecule has 2 aromatic carbocycles. The lowest BCUT2D eigenvalue weighted by atomic mass is 10.2. The minimum absolute atomic E-state index is 0.0372. The normalized spacial score (nSPS) is 15.8. The van der Waals surface area contributed by atoms with Gasteiger partial charge in [-0.15, -0.1) is 0 Å². The molecule has 0 N–H and O–H groups in total. The molecule has 1 aliphatic rings. The van der Waals surface area contributed by atoms with E-state index in [0.717, 1.165) is 13.1 Å². The maximum Gasteiger partial charge on any atom is 0.263 e. The van der Waals surface area contributed by atoms with E-state index < -0.39 is 6.10 Å². The van der Waals surface area contributed by atoms with Crippen molar-refractivity contribution in [2.24, 2.45) is 0 Å². The van der Waals surface area contributed by atoms with Gasteiger partial charge >= 0.3 is 0 Å². The van der Waals surface area contributed by atoms with Crippen molar-refractivity contribution in [1.82, 2.24) is 4.90 Å². The van der Waals surface area contributed by atoms with Gasteiger partial charge in [-0.05, 0) is 30.7 Å².